The molecule has 0 atom stereocenters. The summed E-state index contributed by atoms with van der Waals surface area (Å²) in [5.41, 5.74) is 0.515. The van der Waals surface area contributed by atoms with Gasteiger partial charge in [0.1, 0.15) is 23.1 Å². The molecule has 7 nitrogen and oxygen atoms in total. The van der Waals surface area contributed by atoms with Crippen LogP contribution in [0.25, 0.3) is 12.2 Å². The van der Waals surface area contributed by atoms with Crippen LogP contribution in [0.1, 0.15) is 29.9 Å². The van der Waals surface area contributed by atoms with E-state index in [-0.39, 0.29) is 58.8 Å². The molecular formula is C24H21ClF3N3O4S. The number of hydrogen-bond acceptors (Lipinski definition) is 5. The van der Waals surface area contributed by atoms with Crippen LogP contribution in [0.2, 0.25) is 5.02 Å². The van der Waals surface area contributed by atoms with Gasteiger partial charge in [-0.15, -0.1) is 0 Å². The molecule has 36 heavy (non-hydrogen) atoms. The summed E-state index contributed by atoms with van der Waals surface area (Å²) in [6.07, 6.45) is 3.05. The number of anilines is 1. The van der Waals surface area contributed by atoms with Gasteiger partial charge < -0.3 is 9.84 Å². The average molecular weight is 540 g/mol. The number of benzene rings is 2. The molecule has 0 radical (unpaired) electrons. The summed E-state index contributed by atoms with van der Waals surface area (Å²) in [6.45, 7) is 1.62. The van der Waals surface area contributed by atoms with Gasteiger partial charge in [0.15, 0.2) is 10.7 Å². The predicted octanol–water partition coefficient (Wildman–Crippen LogP) is 5.26. The highest BCUT2D eigenvalue weighted by molar-refractivity contribution is 7.89. The molecule has 3 aromatic rings. The lowest BCUT2D eigenvalue weighted by Crippen LogP contribution is -2.41. The van der Waals surface area contributed by atoms with Gasteiger partial charge in [0.05, 0.1) is 5.02 Å². The van der Waals surface area contributed by atoms with Crippen molar-refractivity contribution in [2.45, 2.75) is 24.7 Å². The number of sulfonamides is 1. The summed E-state index contributed by atoms with van der Waals surface area (Å²) in [7, 11) is -4.04. The van der Waals surface area contributed by atoms with Crippen molar-refractivity contribution in [3.8, 4) is 0 Å². The lowest BCUT2D eigenvalue weighted by Gasteiger charge is -2.30. The number of nitrogens with zero attached hydrogens (tertiary/aromatic N) is 2. The number of carbonyl (C=O) groups excluding carboxylic acids is 1. The van der Waals surface area contributed by atoms with E-state index < -0.39 is 33.4 Å². The lowest BCUT2D eigenvalue weighted by molar-refractivity contribution is -0.120. The minimum Gasteiger partial charge on any atom is -0.355 e. The summed E-state index contributed by atoms with van der Waals surface area (Å²) < 4.78 is 73.5. The van der Waals surface area contributed by atoms with Crippen molar-refractivity contribution < 1.29 is 30.9 Å². The largest absolute Gasteiger partial charge is 0.355 e. The van der Waals surface area contributed by atoms with Gasteiger partial charge in [-0.3, -0.25) is 4.79 Å². The molecule has 1 amide bonds. The van der Waals surface area contributed by atoms with E-state index in [4.69, 9.17) is 16.1 Å². The van der Waals surface area contributed by atoms with Crippen molar-refractivity contribution in [2.75, 3.05) is 18.4 Å². The normalized spacial score (nSPS) is 15.5. The molecule has 0 saturated carbocycles. The van der Waals surface area contributed by atoms with Crippen molar-refractivity contribution in [2.24, 2.45) is 5.92 Å². The van der Waals surface area contributed by atoms with Gasteiger partial charge in [0, 0.05) is 36.3 Å². The molecule has 0 aliphatic carbocycles. The fraction of sp³-hybridized carbons (Fsp3) is 0.250. The number of amides is 1. The highest BCUT2D eigenvalue weighted by Gasteiger charge is 2.36. The Hall–Kier alpha value is -3.15. The predicted molar refractivity (Wildman–Crippen MR) is 128 cm³/mol. The molecule has 1 aliphatic heterocycles. The molecule has 1 fully saturated rings. The van der Waals surface area contributed by atoms with Crippen LogP contribution in [0.3, 0.4) is 0 Å². The highest BCUT2D eigenvalue weighted by Crippen LogP contribution is 2.30. The number of piperidine rings is 1. The molecule has 1 aliphatic rings. The zero-order valence-corrected chi connectivity index (χ0v) is 20.5. The highest BCUT2D eigenvalue weighted by atomic mass is 35.5. The number of carbonyl (C=O) groups is 1. The fourth-order valence-electron chi connectivity index (χ4n) is 3.91. The van der Waals surface area contributed by atoms with Crippen molar-refractivity contribution in [1.82, 2.24) is 9.46 Å². The molecule has 1 N–H and O–H groups in total. The Bertz CT molecular complexity index is 1430. The molecular weight excluding hydrogens is 519 g/mol. The van der Waals surface area contributed by atoms with Crippen LogP contribution in [0, 0.1) is 30.3 Å². The zero-order valence-electron chi connectivity index (χ0n) is 19.0. The number of rotatable bonds is 6. The minimum absolute atomic E-state index is 0.0445. The third-order valence-corrected chi connectivity index (χ3v) is 8.17. The van der Waals surface area contributed by atoms with Crippen molar-refractivity contribution in [3.05, 3.63) is 75.9 Å². The van der Waals surface area contributed by atoms with Gasteiger partial charge in [-0.25, -0.2) is 21.6 Å². The van der Waals surface area contributed by atoms with E-state index in [1.807, 2.05) is 0 Å². The van der Waals surface area contributed by atoms with Gasteiger partial charge in [0.25, 0.3) is 0 Å². The summed E-state index contributed by atoms with van der Waals surface area (Å²) >= 11 is 5.75. The molecule has 1 saturated heterocycles. The van der Waals surface area contributed by atoms with Gasteiger partial charge in [0.2, 0.25) is 15.9 Å². The molecule has 4 rings (SSSR count). The second-order valence-corrected chi connectivity index (χ2v) is 10.5. The van der Waals surface area contributed by atoms with E-state index in [9.17, 15) is 26.4 Å². The monoisotopic (exact) mass is 539 g/mol. The van der Waals surface area contributed by atoms with Crippen LogP contribution >= 0.6 is 11.6 Å². The molecule has 0 bridgehead atoms. The van der Waals surface area contributed by atoms with Crippen LogP contribution < -0.4 is 5.32 Å². The maximum absolute atomic E-state index is 13.9. The molecule has 12 heteroatoms. The Kier molecular flexibility index (Phi) is 7.53. The van der Waals surface area contributed by atoms with Crippen LogP contribution in [0.5, 0.6) is 0 Å². The van der Waals surface area contributed by atoms with Crippen molar-refractivity contribution in [3.63, 3.8) is 0 Å². The molecule has 2 heterocycles. The zero-order chi connectivity index (χ0) is 26.0. The van der Waals surface area contributed by atoms with E-state index >= 15 is 0 Å². The molecule has 1 aromatic heterocycles. The fourth-order valence-corrected chi connectivity index (χ4v) is 5.81. The Labute approximate surface area is 210 Å². The Morgan fingerprint density at radius 3 is 2.50 bits per heavy atom. The summed E-state index contributed by atoms with van der Waals surface area (Å²) in [5, 5.41) is 6.29. The second kappa shape index (κ2) is 10.5. The maximum Gasteiger partial charge on any atom is 0.248 e. The molecule has 0 unspecified atom stereocenters. The number of hydrogen-bond donors (Lipinski definition) is 1. The van der Waals surface area contributed by atoms with Crippen LogP contribution in [-0.2, 0) is 14.8 Å². The Balaban J connectivity index is 1.46. The smallest absolute Gasteiger partial charge is 0.248 e. The first-order chi connectivity index (χ1) is 17.1. The Morgan fingerprint density at radius 1 is 1.11 bits per heavy atom. The van der Waals surface area contributed by atoms with Crippen LogP contribution in [0.4, 0.5) is 18.9 Å². The van der Waals surface area contributed by atoms with E-state index in [1.165, 1.54) is 41.6 Å². The standard InChI is InChI=1S/C24H21ClF3N3O4S/c1-14-23(22(35-30-14)7-3-15-2-4-17(26)12-21(15)28)36(33,34)31-10-8-16(9-11-31)24(32)29-18-5-6-20(27)19(25)13-18/h2-7,12-13,16H,8-11H2,1H3,(H,29,32). The number of aromatic nitrogens is 1. The Morgan fingerprint density at radius 2 is 1.83 bits per heavy atom. The summed E-state index contributed by atoms with van der Waals surface area (Å²) in [5.74, 6) is -3.01. The van der Waals surface area contributed by atoms with E-state index in [1.54, 1.807) is 0 Å². The minimum atomic E-state index is -4.04. The third kappa shape index (κ3) is 5.48. The van der Waals surface area contributed by atoms with Crippen LogP contribution in [0.15, 0.2) is 45.8 Å². The number of nitrogens with one attached hydrogen (secondary N) is 1. The SMILES string of the molecule is Cc1noc(C=Cc2ccc(F)cc2F)c1S(=O)(=O)N1CCC(C(=O)Nc2ccc(F)c(Cl)c2)CC1. The third-order valence-electron chi connectivity index (χ3n) is 5.82. The number of halogens is 4. The first-order valence-electron chi connectivity index (χ1n) is 10.9. The van der Waals surface area contributed by atoms with Crippen molar-refractivity contribution >= 4 is 45.4 Å². The molecule has 2 aromatic carbocycles. The average Bonchev–Trinajstić information content (AvgIpc) is 3.22. The first-order valence-corrected chi connectivity index (χ1v) is 12.7. The van der Waals surface area contributed by atoms with Crippen molar-refractivity contribution in [1.29, 1.82) is 0 Å². The number of aryl methyl sites for hydroxylation is 1. The van der Waals surface area contributed by atoms with E-state index in [0.717, 1.165) is 12.1 Å². The van der Waals surface area contributed by atoms with Gasteiger partial charge >= 0.3 is 0 Å². The van der Waals surface area contributed by atoms with E-state index in [0.29, 0.717) is 11.8 Å². The lowest BCUT2D eigenvalue weighted by atomic mass is 9.97. The quantitative estimate of drug-likeness (QED) is 0.461. The second-order valence-electron chi connectivity index (χ2n) is 8.26. The molecule has 0 spiro atoms. The van der Waals surface area contributed by atoms with Gasteiger partial charge in [-0.1, -0.05) is 16.8 Å². The molecule has 190 valence electrons. The van der Waals surface area contributed by atoms with Crippen LogP contribution in [-0.4, -0.2) is 36.9 Å². The van der Waals surface area contributed by atoms with Gasteiger partial charge in [-0.2, -0.15) is 4.31 Å². The first kappa shape index (κ1) is 25.9. The van der Waals surface area contributed by atoms with Gasteiger partial charge in [-0.05, 0) is 62.2 Å². The summed E-state index contributed by atoms with van der Waals surface area (Å²) in [4.78, 5) is 12.5. The maximum atomic E-state index is 13.9. The van der Waals surface area contributed by atoms with E-state index in [2.05, 4.69) is 10.5 Å². The topological polar surface area (TPSA) is 92.5 Å². The summed E-state index contributed by atoms with van der Waals surface area (Å²) in [6, 6.07) is 6.85.